The van der Waals surface area contributed by atoms with Gasteiger partial charge in [-0.15, -0.1) is 0 Å². The molecule has 2 heterocycles. The lowest BCUT2D eigenvalue weighted by Crippen LogP contribution is -2.54. The quantitative estimate of drug-likeness (QED) is 0.637. The largest absolute Gasteiger partial charge is 0.393 e. The number of carbonyl (C=O) groups is 1. The Morgan fingerprint density at radius 1 is 0.906 bits per heavy atom. The highest BCUT2D eigenvalue weighted by Crippen LogP contribution is 2.87. The molecule has 0 radical (unpaired) electrons. The molecule has 4 heteroatoms. The molecule has 1 amide bonds. The first-order chi connectivity index (χ1) is 15.2. The van der Waals surface area contributed by atoms with Crippen LogP contribution in [0.5, 0.6) is 0 Å². The molecule has 0 bridgehead atoms. The van der Waals surface area contributed by atoms with Crippen LogP contribution in [0.4, 0.5) is 0 Å². The first-order valence-electron chi connectivity index (χ1n) is 13.9. The summed E-state index contributed by atoms with van der Waals surface area (Å²) in [5, 5.41) is 10.8. The van der Waals surface area contributed by atoms with E-state index < -0.39 is 0 Å². The number of hydrogen-bond acceptors (Lipinski definition) is 3. The maximum atomic E-state index is 12.9. The van der Waals surface area contributed by atoms with E-state index in [1.165, 1.54) is 51.4 Å². The summed E-state index contributed by atoms with van der Waals surface area (Å²) in [6.45, 7) is 9.19. The van der Waals surface area contributed by atoms with Crippen molar-refractivity contribution in [3.63, 3.8) is 0 Å². The number of nitrogens with zero attached hydrogens (tertiary/aromatic N) is 1. The van der Waals surface area contributed by atoms with Crippen molar-refractivity contribution in [2.45, 2.75) is 110 Å². The van der Waals surface area contributed by atoms with Gasteiger partial charge in [-0.1, -0.05) is 20.8 Å². The summed E-state index contributed by atoms with van der Waals surface area (Å²) in [7, 11) is 0. The van der Waals surface area contributed by atoms with Gasteiger partial charge in [0.1, 0.15) is 6.10 Å². The standard InChI is InChI=1S/C28H43NO3/c1-25(2)22-8-6-17-19-15-21-18(5-7-20(32-21)24(31)29-13-4-14-29)26(19,3)11-12-27(17)16-28(22,27)10-9-23(25)30/h17-23,30H,4-16H2,1-3H3/t17?,18?,19?,20?,21?,22?,23-,26?,27?,28?/m0/s1. The fourth-order valence-electron chi connectivity index (χ4n) is 11.2. The van der Waals surface area contributed by atoms with Crippen molar-refractivity contribution in [3.05, 3.63) is 0 Å². The normalized spacial score (nSPS) is 57.2. The Balaban J connectivity index is 1.15. The molecule has 178 valence electrons. The average Bonchev–Trinajstić information content (AvgIpc) is 3.30. The van der Waals surface area contributed by atoms with Crippen molar-refractivity contribution in [2.24, 2.45) is 45.3 Å². The minimum atomic E-state index is -0.169. The topological polar surface area (TPSA) is 49.8 Å². The van der Waals surface area contributed by atoms with Crippen molar-refractivity contribution in [3.8, 4) is 0 Å². The van der Waals surface area contributed by atoms with Crippen molar-refractivity contribution < 1.29 is 14.6 Å². The van der Waals surface area contributed by atoms with E-state index in [2.05, 4.69) is 20.8 Å². The third kappa shape index (κ3) is 2.30. The van der Waals surface area contributed by atoms with E-state index in [-0.39, 0.29) is 23.5 Å². The summed E-state index contributed by atoms with van der Waals surface area (Å²) < 4.78 is 6.64. The molecule has 5 saturated carbocycles. The van der Waals surface area contributed by atoms with E-state index in [1.807, 2.05) is 4.90 Å². The van der Waals surface area contributed by atoms with E-state index in [0.29, 0.717) is 34.2 Å². The number of aliphatic hydroxyl groups excluding tert-OH is 1. The van der Waals surface area contributed by atoms with Crippen molar-refractivity contribution in [1.29, 1.82) is 0 Å². The fraction of sp³-hybridized carbons (Fsp3) is 0.964. The Hall–Kier alpha value is -0.610. The Kier molecular flexibility index (Phi) is 4.10. The molecular weight excluding hydrogens is 398 g/mol. The Labute approximate surface area is 193 Å². The van der Waals surface area contributed by atoms with Gasteiger partial charge in [-0.3, -0.25) is 4.79 Å². The first kappa shape index (κ1) is 20.7. The summed E-state index contributed by atoms with van der Waals surface area (Å²) in [6.07, 6.45) is 13.7. The summed E-state index contributed by atoms with van der Waals surface area (Å²) in [5.74, 6) is 3.26. The molecule has 7 rings (SSSR count). The summed E-state index contributed by atoms with van der Waals surface area (Å²) in [5.41, 5.74) is 1.55. The highest BCUT2D eigenvalue weighted by atomic mass is 16.5. The molecule has 0 aromatic heterocycles. The number of aliphatic hydroxyl groups is 1. The molecular formula is C28H43NO3. The van der Waals surface area contributed by atoms with Gasteiger partial charge in [-0.2, -0.15) is 0 Å². The summed E-state index contributed by atoms with van der Waals surface area (Å²) in [4.78, 5) is 14.9. The highest BCUT2D eigenvalue weighted by molar-refractivity contribution is 5.81. The zero-order chi connectivity index (χ0) is 22.1. The second-order valence-corrected chi connectivity index (χ2v) is 14.0. The molecule has 9 unspecified atom stereocenters. The zero-order valence-corrected chi connectivity index (χ0v) is 20.4. The molecule has 1 N–H and O–H groups in total. The number of rotatable bonds is 1. The Bertz CT molecular complexity index is 837. The predicted octanol–water partition coefficient (Wildman–Crippen LogP) is 4.79. The molecule has 7 fully saturated rings. The van der Waals surface area contributed by atoms with Gasteiger partial charge in [0.15, 0.2) is 0 Å². The maximum absolute atomic E-state index is 12.9. The van der Waals surface area contributed by atoms with E-state index >= 15 is 0 Å². The third-order valence-electron chi connectivity index (χ3n) is 13.0. The lowest BCUT2D eigenvalue weighted by Gasteiger charge is -2.59. The lowest BCUT2D eigenvalue weighted by atomic mass is 9.46. The van der Waals surface area contributed by atoms with Gasteiger partial charge in [0, 0.05) is 13.1 Å². The summed E-state index contributed by atoms with van der Waals surface area (Å²) >= 11 is 0. The monoisotopic (exact) mass is 441 g/mol. The molecule has 32 heavy (non-hydrogen) atoms. The van der Waals surface area contributed by atoms with Gasteiger partial charge in [0.25, 0.3) is 5.91 Å². The SMILES string of the molecule is CC12CCC34CC35CC[C@H](O)C(C)(C)C5CCC4C1CC1OC(C(=O)N3CCC3)CCC12. The van der Waals surface area contributed by atoms with E-state index in [1.54, 1.807) is 0 Å². The minimum Gasteiger partial charge on any atom is -0.393 e. The van der Waals surface area contributed by atoms with Crippen LogP contribution in [0, 0.1) is 45.3 Å². The van der Waals surface area contributed by atoms with Crippen LogP contribution in [-0.2, 0) is 9.53 Å². The number of carbonyl (C=O) groups excluding carboxylic acids is 1. The van der Waals surface area contributed by atoms with E-state index in [9.17, 15) is 9.90 Å². The third-order valence-corrected chi connectivity index (χ3v) is 13.0. The minimum absolute atomic E-state index is 0.0741. The molecule has 2 saturated heterocycles. The lowest BCUT2D eigenvalue weighted by molar-refractivity contribution is -0.162. The van der Waals surface area contributed by atoms with Gasteiger partial charge in [-0.25, -0.2) is 0 Å². The van der Waals surface area contributed by atoms with Gasteiger partial charge < -0.3 is 14.7 Å². The smallest absolute Gasteiger partial charge is 0.251 e. The number of amides is 1. The van der Waals surface area contributed by atoms with Crippen molar-refractivity contribution in [2.75, 3.05) is 13.1 Å². The van der Waals surface area contributed by atoms with Crippen LogP contribution in [0.15, 0.2) is 0 Å². The maximum Gasteiger partial charge on any atom is 0.251 e. The molecule has 4 nitrogen and oxygen atoms in total. The molecule has 0 aromatic carbocycles. The summed E-state index contributed by atoms with van der Waals surface area (Å²) in [6, 6.07) is 0. The van der Waals surface area contributed by atoms with E-state index in [0.717, 1.165) is 44.2 Å². The van der Waals surface area contributed by atoms with Crippen LogP contribution in [0.25, 0.3) is 0 Å². The van der Waals surface area contributed by atoms with Crippen LogP contribution in [0.1, 0.15) is 91.4 Å². The van der Waals surface area contributed by atoms with Gasteiger partial charge in [0.2, 0.25) is 0 Å². The van der Waals surface area contributed by atoms with Crippen molar-refractivity contribution in [1.82, 2.24) is 4.90 Å². The van der Waals surface area contributed by atoms with Crippen LogP contribution in [-0.4, -0.2) is 47.3 Å². The van der Waals surface area contributed by atoms with Crippen LogP contribution in [0.2, 0.25) is 0 Å². The number of fused-ring (bicyclic) bond motifs is 4. The fourth-order valence-corrected chi connectivity index (χ4v) is 11.2. The number of hydrogen-bond donors (Lipinski definition) is 1. The van der Waals surface area contributed by atoms with Gasteiger partial charge >= 0.3 is 0 Å². The van der Waals surface area contributed by atoms with Gasteiger partial charge in [0.05, 0.1) is 12.2 Å². The molecule has 10 atom stereocenters. The van der Waals surface area contributed by atoms with Crippen molar-refractivity contribution >= 4 is 5.91 Å². The van der Waals surface area contributed by atoms with E-state index in [4.69, 9.17) is 4.74 Å². The number of likely N-dealkylation sites (tertiary alicyclic amines) is 1. The highest BCUT2D eigenvalue weighted by Gasteiger charge is 2.80. The molecule has 2 spiro atoms. The predicted molar refractivity (Wildman–Crippen MR) is 123 cm³/mol. The molecule has 2 aliphatic heterocycles. The first-order valence-corrected chi connectivity index (χ1v) is 13.9. The number of ether oxygens (including phenoxy) is 1. The molecule has 5 aliphatic carbocycles. The molecule has 0 aromatic rings. The second-order valence-electron chi connectivity index (χ2n) is 14.0. The average molecular weight is 442 g/mol. The Morgan fingerprint density at radius 2 is 1.69 bits per heavy atom. The van der Waals surface area contributed by atoms with Crippen LogP contribution < -0.4 is 0 Å². The molecule has 7 aliphatic rings. The van der Waals surface area contributed by atoms with Crippen LogP contribution >= 0.6 is 0 Å². The van der Waals surface area contributed by atoms with Crippen LogP contribution in [0.3, 0.4) is 0 Å². The zero-order valence-electron chi connectivity index (χ0n) is 20.4. The second kappa shape index (κ2) is 6.33. The van der Waals surface area contributed by atoms with Gasteiger partial charge in [-0.05, 0) is 116 Å². The Morgan fingerprint density at radius 3 is 2.44 bits per heavy atom.